The van der Waals surface area contributed by atoms with Gasteiger partial charge >= 0.3 is 0 Å². The summed E-state index contributed by atoms with van der Waals surface area (Å²) in [5, 5.41) is 11.6. The second kappa shape index (κ2) is 11.9. The first kappa shape index (κ1) is 24.9. The molecule has 0 bridgehead atoms. The van der Waals surface area contributed by atoms with Crippen LogP contribution in [0, 0.1) is 0 Å². The fraction of sp³-hybridized carbons (Fsp3) is 0.400. The van der Waals surface area contributed by atoms with E-state index in [0.29, 0.717) is 29.0 Å². The van der Waals surface area contributed by atoms with E-state index < -0.39 is 0 Å². The Kier molecular flexibility index (Phi) is 9.25. The van der Waals surface area contributed by atoms with Gasteiger partial charge in [-0.3, -0.25) is 14.4 Å². The van der Waals surface area contributed by atoms with E-state index >= 15 is 0 Å². The number of hydrogen-bond acceptors (Lipinski definition) is 4. The van der Waals surface area contributed by atoms with Gasteiger partial charge in [0.05, 0.1) is 6.54 Å². The van der Waals surface area contributed by atoms with Crippen molar-refractivity contribution in [2.45, 2.75) is 58.9 Å². The van der Waals surface area contributed by atoms with Gasteiger partial charge in [-0.15, -0.1) is 0 Å². The molecule has 0 heterocycles. The summed E-state index contributed by atoms with van der Waals surface area (Å²) in [4.78, 5) is 36.7. The molecule has 0 aliphatic rings. The van der Waals surface area contributed by atoms with Crippen LogP contribution in [-0.2, 0) is 9.59 Å². The molecule has 0 fully saturated rings. The lowest BCUT2D eigenvalue weighted by Gasteiger charge is -2.20. The van der Waals surface area contributed by atoms with Crippen LogP contribution in [-0.4, -0.2) is 29.8 Å². The Bertz CT molecular complexity index is 935. The Morgan fingerprint density at radius 1 is 0.812 bits per heavy atom. The van der Waals surface area contributed by atoms with Gasteiger partial charge in [-0.05, 0) is 63.6 Å². The van der Waals surface area contributed by atoms with Crippen LogP contribution in [0.2, 0.25) is 0 Å². The summed E-state index contributed by atoms with van der Waals surface area (Å²) in [5.41, 5.74) is 2.11. The lowest BCUT2D eigenvalue weighted by molar-refractivity contribution is -0.116. The molecule has 0 aromatic heterocycles. The van der Waals surface area contributed by atoms with Crippen molar-refractivity contribution >= 4 is 34.8 Å². The zero-order valence-corrected chi connectivity index (χ0v) is 19.4. The molecule has 2 aromatic carbocycles. The quantitative estimate of drug-likeness (QED) is 0.401. The van der Waals surface area contributed by atoms with Gasteiger partial charge in [0.25, 0.3) is 5.91 Å². The Morgan fingerprint density at radius 2 is 1.44 bits per heavy atom. The van der Waals surface area contributed by atoms with Crippen molar-refractivity contribution in [2.24, 2.45) is 0 Å². The van der Waals surface area contributed by atoms with Gasteiger partial charge in [0, 0.05) is 34.6 Å². The van der Waals surface area contributed by atoms with Crippen LogP contribution in [0.15, 0.2) is 48.5 Å². The summed E-state index contributed by atoms with van der Waals surface area (Å²) in [6.45, 7) is 7.90. The maximum atomic E-state index is 12.4. The normalized spacial score (nSPS) is 10.9. The van der Waals surface area contributed by atoms with E-state index in [4.69, 9.17) is 0 Å². The molecule has 4 N–H and O–H groups in total. The minimum Gasteiger partial charge on any atom is -0.376 e. The molecule has 0 spiro atoms. The largest absolute Gasteiger partial charge is 0.376 e. The molecule has 0 aliphatic carbocycles. The number of anilines is 3. The van der Waals surface area contributed by atoms with E-state index in [1.807, 2.05) is 20.8 Å². The van der Waals surface area contributed by atoms with Crippen molar-refractivity contribution in [1.29, 1.82) is 0 Å². The summed E-state index contributed by atoms with van der Waals surface area (Å²) in [5.74, 6) is -0.431. The first-order chi connectivity index (χ1) is 15.2. The molecule has 0 atom stereocenters. The summed E-state index contributed by atoms with van der Waals surface area (Å²) < 4.78 is 0. The van der Waals surface area contributed by atoms with Gasteiger partial charge in [-0.25, -0.2) is 0 Å². The van der Waals surface area contributed by atoms with E-state index in [0.717, 1.165) is 19.3 Å². The predicted octanol–water partition coefficient (Wildman–Crippen LogP) is 4.78. The van der Waals surface area contributed by atoms with Crippen molar-refractivity contribution < 1.29 is 14.4 Å². The molecule has 3 amide bonds. The minimum atomic E-state index is -0.329. The molecule has 0 aliphatic heterocycles. The fourth-order valence-corrected chi connectivity index (χ4v) is 3.00. The number of carbonyl (C=O) groups is 3. The molecule has 172 valence electrons. The number of carbonyl (C=O) groups excluding carboxylic acids is 3. The molecule has 2 rings (SSSR count). The number of unbranched alkanes of at least 4 members (excludes halogenated alkanes) is 2. The maximum absolute atomic E-state index is 12.4. The van der Waals surface area contributed by atoms with Crippen LogP contribution < -0.4 is 21.3 Å². The van der Waals surface area contributed by atoms with E-state index in [2.05, 4.69) is 28.2 Å². The zero-order chi connectivity index (χ0) is 23.6. The van der Waals surface area contributed by atoms with Gasteiger partial charge in [-0.1, -0.05) is 31.9 Å². The van der Waals surface area contributed by atoms with Crippen LogP contribution in [0.4, 0.5) is 17.1 Å². The van der Waals surface area contributed by atoms with Crippen molar-refractivity contribution in [3.05, 3.63) is 54.1 Å². The third-order valence-electron chi connectivity index (χ3n) is 4.50. The molecule has 0 unspecified atom stereocenters. The van der Waals surface area contributed by atoms with E-state index in [9.17, 15) is 14.4 Å². The smallest absolute Gasteiger partial charge is 0.251 e. The highest BCUT2D eigenvalue weighted by Gasteiger charge is 2.15. The molecular weight excluding hydrogens is 404 g/mol. The van der Waals surface area contributed by atoms with Gasteiger partial charge in [0.1, 0.15) is 0 Å². The van der Waals surface area contributed by atoms with Crippen LogP contribution in [0.5, 0.6) is 0 Å². The van der Waals surface area contributed by atoms with Crippen molar-refractivity contribution in [3.8, 4) is 0 Å². The SMILES string of the molecule is CCCCCC(=O)Nc1cccc(NC(=O)CNc2cccc(C(=O)NC(C)(C)C)c2)c1. The Hall–Kier alpha value is -3.35. The molecule has 0 saturated heterocycles. The first-order valence-electron chi connectivity index (χ1n) is 11.0. The average molecular weight is 439 g/mol. The summed E-state index contributed by atoms with van der Waals surface area (Å²) in [7, 11) is 0. The van der Waals surface area contributed by atoms with Crippen LogP contribution in [0.25, 0.3) is 0 Å². The number of hydrogen-bond donors (Lipinski definition) is 4. The summed E-state index contributed by atoms with van der Waals surface area (Å²) >= 11 is 0. The summed E-state index contributed by atoms with van der Waals surface area (Å²) in [6.07, 6.45) is 3.45. The van der Waals surface area contributed by atoms with Crippen molar-refractivity contribution in [3.63, 3.8) is 0 Å². The van der Waals surface area contributed by atoms with Crippen molar-refractivity contribution in [1.82, 2.24) is 5.32 Å². The second-order valence-corrected chi connectivity index (χ2v) is 8.77. The van der Waals surface area contributed by atoms with Gasteiger partial charge in [0.2, 0.25) is 11.8 Å². The highest BCUT2D eigenvalue weighted by Crippen LogP contribution is 2.16. The fourth-order valence-electron chi connectivity index (χ4n) is 3.00. The monoisotopic (exact) mass is 438 g/mol. The topological polar surface area (TPSA) is 99.3 Å². The van der Waals surface area contributed by atoms with Crippen LogP contribution >= 0.6 is 0 Å². The molecule has 2 aromatic rings. The molecule has 7 heteroatoms. The molecule has 7 nitrogen and oxygen atoms in total. The Morgan fingerprint density at radius 3 is 2.09 bits per heavy atom. The molecule has 0 saturated carbocycles. The lowest BCUT2D eigenvalue weighted by atomic mass is 10.1. The van der Waals surface area contributed by atoms with Crippen LogP contribution in [0.1, 0.15) is 63.7 Å². The zero-order valence-electron chi connectivity index (χ0n) is 19.4. The third kappa shape index (κ3) is 9.20. The van der Waals surface area contributed by atoms with Gasteiger partial charge in [0.15, 0.2) is 0 Å². The van der Waals surface area contributed by atoms with Gasteiger partial charge < -0.3 is 21.3 Å². The second-order valence-electron chi connectivity index (χ2n) is 8.77. The number of nitrogens with one attached hydrogen (secondary N) is 4. The van der Waals surface area contributed by atoms with E-state index in [1.165, 1.54) is 0 Å². The average Bonchev–Trinajstić information content (AvgIpc) is 2.72. The molecule has 32 heavy (non-hydrogen) atoms. The number of amides is 3. The highest BCUT2D eigenvalue weighted by molar-refractivity contribution is 5.97. The standard InChI is InChI=1S/C25H34N4O3/c1-5-6-7-14-22(30)27-20-12-9-13-21(16-20)28-23(31)17-26-19-11-8-10-18(15-19)24(32)29-25(2,3)4/h8-13,15-16,26H,5-7,14,17H2,1-4H3,(H,27,30)(H,28,31)(H,29,32). The Balaban J connectivity index is 1.88. The molecule has 0 radical (unpaired) electrons. The number of rotatable bonds is 10. The number of benzene rings is 2. The predicted molar refractivity (Wildman–Crippen MR) is 130 cm³/mol. The maximum Gasteiger partial charge on any atom is 0.251 e. The third-order valence-corrected chi connectivity index (χ3v) is 4.50. The van der Waals surface area contributed by atoms with E-state index in [-0.39, 0.29) is 29.8 Å². The first-order valence-corrected chi connectivity index (χ1v) is 11.0. The minimum absolute atomic E-state index is 0.0287. The lowest BCUT2D eigenvalue weighted by Crippen LogP contribution is -2.40. The van der Waals surface area contributed by atoms with Crippen LogP contribution in [0.3, 0.4) is 0 Å². The summed E-state index contributed by atoms with van der Waals surface area (Å²) in [6, 6.07) is 14.1. The highest BCUT2D eigenvalue weighted by atomic mass is 16.2. The van der Waals surface area contributed by atoms with Crippen molar-refractivity contribution in [2.75, 3.05) is 22.5 Å². The van der Waals surface area contributed by atoms with E-state index in [1.54, 1.807) is 48.5 Å². The Labute approximate surface area is 190 Å². The molecular formula is C25H34N4O3. The van der Waals surface area contributed by atoms with Gasteiger partial charge in [-0.2, -0.15) is 0 Å².